The molecule has 0 radical (unpaired) electrons. The molecule has 5 rings (SSSR count). The number of rotatable bonds is 4. The number of ether oxygens (including phenoxy) is 2. The highest BCUT2D eigenvalue weighted by molar-refractivity contribution is 6.24. The summed E-state index contributed by atoms with van der Waals surface area (Å²) in [6, 6.07) is 14.1. The lowest BCUT2D eigenvalue weighted by atomic mass is 9.89. The van der Waals surface area contributed by atoms with Crippen molar-refractivity contribution in [1.29, 1.82) is 0 Å². The average Bonchev–Trinajstić information content (AvgIpc) is 3.40. The highest BCUT2D eigenvalue weighted by Gasteiger charge is 2.63. The van der Waals surface area contributed by atoms with Crippen LogP contribution in [0.5, 0.6) is 11.5 Å². The van der Waals surface area contributed by atoms with Gasteiger partial charge < -0.3 is 9.47 Å². The molecule has 0 saturated carbocycles. The monoisotopic (exact) mass is 393 g/mol. The number of benzene rings is 2. The molecule has 3 unspecified atom stereocenters. The zero-order valence-corrected chi connectivity index (χ0v) is 16.4. The van der Waals surface area contributed by atoms with Gasteiger partial charge in [-0.1, -0.05) is 18.2 Å². The van der Waals surface area contributed by atoms with Gasteiger partial charge in [0.25, 0.3) is 5.91 Å². The summed E-state index contributed by atoms with van der Waals surface area (Å²) in [7, 11) is 3.23. The Morgan fingerprint density at radius 3 is 2.21 bits per heavy atom. The molecule has 29 heavy (non-hydrogen) atoms. The summed E-state index contributed by atoms with van der Waals surface area (Å²) in [4.78, 5) is 28.3. The van der Waals surface area contributed by atoms with Gasteiger partial charge in [0.15, 0.2) is 0 Å². The minimum atomic E-state index is -0.470. The van der Waals surface area contributed by atoms with Gasteiger partial charge >= 0.3 is 0 Å². The van der Waals surface area contributed by atoms with Crippen LogP contribution in [-0.4, -0.2) is 55.2 Å². The van der Waals surface area contributed by atoms with Crippen molar-refractivity contribution in [3.63, 3.8) is 0 Å². The third kappa shape index (κ3) is 2.58. The Kier molecular flexibility index (Phi) is 4.29. The Morgan fingerprint density at radius 1 is 0.828 bits per heavy atom. The van der Waals surface area contributed by atoms with Crippen LogP contribution in [0.15, 0.2) is 48.5 Å². The van der Waals surface area contributed by atoms with E-state index in [0.717, 1.165) is 30.8 Å². The van der Waals surface area contributed by atoms with E-state index < -0.39 is 12.0 Å². The van der Waals surface area contributed by atoms with Crippen molar-refractivity contribution < 1.29 is 19.1 Å². The number of carbonyl (C=O) groups excluding carboxylic acids is 2. The first-order valence-corrected chi connectivity index (χ1v) is 9.83. The summed E-state index contributed by atoms with van der Waals surface area (Å²) in [5.74, 6) is 0.657. The fraction of sp³-hybridized carbons (Fsp3) is 0.364. The smallest absolute Gasteiger partial charge is 0.253 e. The number of carbonyl (C=O) groups is 2. The lowest BCUT2D eigenvalue weighted by Crippen LogP contribution is -2.44. The predicted octanol–water partition coefficient (Wildman–Crippen LogP) is 2.24. The summed E-state index contributed by atoms with van der Waals surface area (Å²) >= 11 is 0. The number of hydrogen-bond donors (Lipinski definition) is 0. The Labute approximate surface area is 169 Å². The van der Waals surface area contributed by atoms with Gasteiger partial charge in [-0.25, -0.2) is 14.9 Å². The van der Waals surface area contributed by atoms with Crippen LogP contribution in [0.25, 0.3) is 0 Å². The maximum absolute atomic E-state index is 13.5. The first-order chi connectivity index (χ1) is 14.2. The second-order valence-corrected chi connectivity index (χ2v) is 7.55. The van der Waals surface area contributed by atoms with Gasteiger partial charge in [-0.15, -0.1) is 0 Å². The van der Waals surface area contributed by atoms with E-state index in [9.17, 15) is 9.59 Å². The summed E-state index contributed by atoms with van der Waals surface area (Å²) in [6.07, 6.45) is 0.971. The summed E-state index contributed by atoms with van der Waals surface area (Å²) in [5.41, 5.74) is 1.53. The molecule has 3 heterocycles. The fourth-order valence-electron chi connectivity index (χ4n) is 4.98. The molecule has 2 aromatic carbocycles. The van der Waals surface area contributed by atoms with E-state index in [-0.39, 0.29) is 17.9 Å². The Morgan fingerprint density at radius 2 is 1.52 bits per heavy atom. The highest BCUT2D eigenvalue weighted by atomic mass is 16.5. The lowest BCUT2D eigenvalue weighted by molar-refractivity contribution is -0.126. The van der Waals surface area contributed by atoms with Gasteiger partial charge in [0, 0.05) is 18.7 Å². The van der Waals surface area contributed by atoms with Gasteiger partial charge in [0.1, 0.15) is 17.5 Å². The summed E-state index contributed by atoms with van der Waals surface area (Å²) in [5, 5.41) is 4.28. The zero-order chi connectivity index (χ0) is 20.1. The number of hydrazine groups is 1. The molecule has 3 aliphatic rings. The van der Waals surface area contributed by atoms with Crippen molar-refractivity contribution in [2.75, 3.05) is 32.2 Å². The number of nitrogens with zero attached hydrogens (tertiary/aromatic N) is 3. The van der Waals surface area contributed by atoms with Crippen molar-refractivity contribution in [3.8, 4) is 11.5 Å². The maximum Gasteiger partial charge on any atom is 0.253 e. The van der Waals surface area contributed by atoms with Gasteiger partial charge in [0.05, 0.1) is 31.9 Å². The summed E-state index contributed by atoms with van der Waals surface area (Å²) < 4.78 is 10.8. The molecule has 2 aromatic rings. The van der Waals surface area contributed by atoms with Crippen molar-refractivity contribution in [3.05, 3.63) is 54.1 Å². The first-order valence-electron chi connectivity index (χ1n) is 9.83. The number of amides is 2. The quantitative estimate of drug-likeness (QED) is 0.743. The van der Waals surface area contributed by atoms with E-state index in [1.807, 2.05) is 24.3 Å². The van der Waals surface area contributed by atoms with Gasteiger partial charge in [-0.2, -0.15) is 0 Å². The van der Waals surface area contributed by atoms with Crippen LogP contribution in [0, 0.1) is 5.92 Å². The molecule has 2 amide bonds. The average molecular weight is 393 g/mol. The number of methoxy groups -OCH3 is 2. The van der Waals surface area contributed by atoms with Crippen LogP contribution in [0.3, 0.4) is 0 Å². The molecule has 3 fully saturated rings. The molecule has 3 atom stereocenters. The number of fused-ring (bicyclic) bond motifs is 3. The van der Waals surface area contributed by atoms with Gasteiger partial charge in [0.2, 0.25) is 5.91 Å². The molecule has 0 aromatic heterocycles. The standard InChI is InChI=1S/C22H23N3O4/c1-28-15-10-8-14(9-11-15)25-21(26)18-19(16-6-3-4-7-17(16)29-2)23-12-5-13-24(23)20(18)22(25)27/h3-4,6-11,18-20H,5,12-13H2,1-2H3. The number of anilines is 1. The lowest BCUT2D eigenvalue weighted by Gasteiger charge is -2.30. The molecule has 0 N–H and O–H groups in total. The fourth-order valence-corrected chi connectivity index (χ4v) is 4.98. The molecule has 0 bridgehead atoms. The van der Waals surface area contributed by atoms with E-state index in [1.54, 1.807) is 38.5 Å². The molecular formula is C22H23N3O4. The molecule has 7 nitrogen and oxygen atoms in total. The molecule has 0 aliphatic carbocycles. The van der Waals surface area contributed by atoms with E-state index in [4.69, 9.17) is 9.47 Å². The van der Waals surface area contributed by atoms with E-state index in [0.29, 0.717) is 11.4 Å². The SMILES string of the molecule is COc1ccc(N2C(=O)C3C(C2=O)N2CCCN2C3c2ccccc2OC)cc1. The predicted molar refractivity (Wildman–Crippen MR) is 107 cm³/mol. The normalized spacial score (nSPS) is 26.7. The van der Waals surface area contributed by atoms with E-state index >= 15 is 0 Å². The number of para-hydroxylation sites is 1. The topological polar surface area (TPSA) is 62.3 Å². The van der Waals surface area contributed by atoms with E-state index in [1.165, 1.54) is 4.90 Å². The number of hydrogen-bond acceptors (Lipinski definition) is 6. The van der Waals surface area contributed by atoms with Crippen LogP contribution in [-0.2, 0) is 9.59 Å². The largest absolute Gasteiger partial charge is 0.497 e. The Balaban J connectivity index is 1.57. The van der Waals surface area contributed by atoms with Crippen LogP contribution in [0.2, 0.25) is 0 Å². The van der Waals surface area contributed by atoms with Crippen molar-refractivity contribution in [2.24, 2.45) is 5.92 Å². The van der Waals surface area contributed by atoms with Gasteiger partial charge in [-0.3, -0.25) is 9.59 Å². The van der Waals surface area contributed by atoms with Crippen LogP contribution in [0.1, 0.15) is 18.0 Å². The molecule has 150 valence electrons. The minimum absolute atomic E-state index is 0.157. The molecule has 3 saturated heterocycles. The minimum Gasteiger partial charge on any atom is -0.497 e. The molecule has 0 spiro atoms. The summed E-state index contributed by atoms with van der Waals surface area (Å²) in [6.45, 7) is 1.61. The molecule has 7 heteroatoms. The molecular weight excluding hydrogens is 370 g/mol. The first kappa shape index (κ1) is 18.1. The third-order valence-electron chi connectivity index (χ3n) is 6.19. The van der Waals surface area contributed by atoms with Crippen molar-refractivity contribution >= 4 is 17.5 Å². The van der Waals surface area contributed by atoms with Crippen molar-refractivity contribution in [1.82, 2.24) is 10.0 Å². The zero-order valence-electron chi connectivity index (χ0n) is 16.4. The highest BCUT2D eigenvalue weighted by Crippen LogP contribution is 2.50. The van der Waals surface area contributed by atoms with Gasteiger partial charge in [-0.05, 0) is 36.8 Å². The third-order valence-corrected chi connectivity index (χ3v) is 6.19. The Hall–Kier alpha value is -2.90. The maximum atomic E-state index is 13.5. The van der Waals surface area contributed by atoms with E-state index in [2.05, 4.69) is 10.0 Å². The Bertz CT molecular complexity index is 961. The second kappa shape index (κ2) is 6.86. The number of imide groups is 1. The van der Waals surface area contributed by atoms with Crippen LogP contribution in [0.4, 0.5) is 5.69 Å². The van der Waals surface area contributed by atoms with Crippen molar-refractivity contribution in [2.45, 2.75) is 18.5 Å². The van der Waals surface area contributed by atoms with Crippen LogP contribution >= 0.6 is 0 Å². The second-order valence-electron chi connectivity index (χ2n) is 7.55. The molecule has 3 aliphatic heterocycles. The van der Waals surface area contributed by atoms with Crippen LogP contribution < -0.4 is 14.4 Å².